The highest BCUT2D eigenvalue weighted by molar-refractivity contribution is 5.90. The summed E-state index contributed by atoms with van der Waals surface area (Å²) in [5.74, 6) is -1.15. The van der Waals surface area contributed by atoms with Gasteiger partial charge in [0.05, 0.1) is 10.5 Å². The van der Waals surface area contributed by atoms with Crippen molar-refractivity contribution >= 4 is 17.3 Å². The first-order chi connectivity index (χ1) is 9.33. The highest BCUT2D eigenvalue weighted by atomic mass is 16.6. The maximum atomic E-state index is 11.0. The zero-order valence-electron chi connectivity index (χ0n) is 11.4. The Kier molecular flexibility index (Phi) is 5.04. The van der Waals surface area contributed by atoms with E-state index in [1.165, 1.54) is 18.2 Å². The number of carboxylic acid groups (broad SMARTS) is 1. The van der Waals surface area contributed by atoms with Crippen LogP contribution >= 0.6 is 0 Å². The van der Waals surface area contributed by atoms with E-state index >= 15 is 0 Å². The number of rotatable bonds is 7. The number of carbonyl (C=O) groups is 1. The minimum atomic E-state index is -1.15. The summed E-state index contributed by atoms with van der Waals surface area (Å²) in [5.41, 5.74) is -0.614. The van der Waals surface area contributed by atoms with Gasteiger partial charge in [-0.15, -0.1) is 0 Å². The molecule has 0 saturated heterocycles. The lowest BCUT2D eigenvalue weighted by Gasteiger charge is -2.30. The van der Waals surface area contributed by atoms with Crippen molar-refractivity contribution in [1.29, 1.82) is 0 Å². The first-order valence-corrected chi connectivity index (χ1v) is 6.23. The SMILES string of the molecule is CCC(C)(CCO)Nc1cc(C(=O)O)ccc1[N+](=O)[O-]. The number of hydrogen-bond donors (Lipinski definition) is 3. The lowest BCUT2D eigenvalue weighted by molar-refractivity contribution is -0.384. The molecule has 1 unspecified atom stereocenters. The standard InChI is InChI=1S/C13H18N2O5/c1-3-13(2,6-7-16)14-10-8-9(12(17)18)4-5-11(10)15(19)20/h4-5,8,14,16H,3,6-7H2,1-2H3,(H,17,18). The first-order valence-electron chi connectivity index (χ1n) is 6.23. The summed E-state index contributed by atoms with van der Waals surface area (Å²) in [6.45, 7) is 3.64. The van der Waals surface area contributed by atoms with E-state index in [0.29, 0.717) is 12.8 Å². The van der Waals surface area contributed by atoms with Gasteiger partial charge in [-0.25, -0.2) is 4.79 Å². The predicted octanol–water partition coefficient (Wildman–Crippen LogP) is 2.26. The zero-order valence-corrected chi connectivity index (χ0v) is 11.4. The highest BCUT2D eigenvalue weighted by Crippen LogP contribution is 2.30. The molecule has 7 nitrogen and oxygen atoms in total. The fourth-order valence-corrected chi connectivity index (χ4v) is 1.83. The van der Waals surface area contributed by atoms with Gasteiger partial charge in [-0.1, -0.05) is 6.92 Å². The van der Waals surface area contributed by atoms with Crippen molar-refractivity contribution in [1.82, 2.24) is 0 Å². The van der Waals surface area contributed by atoms with Crippen LogP contribution < -0.4 is 5.32 Å². The summed E-state index contributed by atoms with van der Waals surface area (Å²) < 4.78 is 0. The largest absolute Gasteiger partial charge is 0.478 e. The van der Waals surface area contributed by atoms with Gasteiger partial charge in [-0.3, -0.25) is 10.1 Å². The van der Waals surface area contributed by atoms with Crippen LogP contribution in [-0.4, -0.2) is 33.3 Å². The molecule has 0 aromatic heterocycles. The summed E-state index contributed by atoms with van der Waals surface area (Å²) in [5, 5.41) is 32.0. The van der Waals surface area contributed by atoms with E-state index in [2.05, 4.69) is 5.32 Å². The second kappa shape index (κ2) is 6.33. The smallest absolute Gasteiger partial charge is 0.335 e. The van der Waals surface area contributed by atoms with Crippen molar-refractivity contribution in [3.8, 4) is 0 Å². The summed E-state index contributed by atoms with van der Waals surface area (Å²) in [7, 11) is 0. The zero-order chi connectivity index (χ0) is 15.3. The van der Waals surface area contributed by atoms with Crippen LogP contribution in [0.2, 0.25) is 0 Å². The van der Waals surface area contributed by atoms with Gasteiger partial charge in [0, 0.05) is 18.2 Å². The Labute approximate surface area is 116 Å². The van der Waals surface area contributed by atoms with Crippen molar-refractivity contribution < 1.29 is 19.9 Å². The van der Waals surface area contributed by atoms with Crippen LogP contribution in [0.4, 0.5) is 11.4 Å². The summed E-state index contributed by atoms with van der Waals surface area (Å²) in [6.07, 6.45) is 1.03. The lowest BCUT2D eigenvalue weighted by Crippen LogP contribution is -2.35. The van der Waals surface area contributed by atoms with Crippen LogP contribution in [0, 0.1) is 10.1 Å². The van der Waals surface area contributed by atoms with Gasteiger partial charge in [0.2, 0.25) is 0 Å². The van der Waals surface area contributed by atoms with E-state index in [1.54, 1.807) is 0 Å². The Morgan fingerprint density at radius 3 is 2.60 bits per heavy atom. The molecule has 1 aromatic carbocycles. The molecule has 3 N–H and O–H groups in total. The normalized spacial score (nSPS) is 13.6. The Hall–Kier alpha value is -2.15. The molecular formula is C13H18N2O5. The molecule has 0 amide bonds. The average molecular weight is 282 g/mol. The predicted molar refractivity (Wildman–Crippen MR) is 74.1 cm³/mol. The van der Waals surface area contributed by atoms with Crippen LogP contribution in [0.3, 0.4) is 0 Å². The third-order valence-corrected chi connectivity index (χ3v) is 3.32. The van der Waals surface area contributed by atoms with Crippen molar-refractivity contribution in [3.05, 3.63) is 33.9 Å². The third-order valence-electron chi connectivity index (χ3n) is 3.32. The number of aliphatic hydroxyl groups is 1. The van der Waals surface area contributed by atoms with Crippen LogP contribution in [0.25, 0.3) is 0 Å². The van der Waals surface area contributed by atoms with Gasteiger partial charge in [-0.2, -0.15) is 0 Å². The molecule has 0 bridgehead atoms. The van der Waals surface area contributed by atoms with Crippen molar-refractivity contribution in [2.45, 2.75) is 32.2 Å². The number of nitrogens with one attached hydrogen (secondary N) is 1. The quantitative estimate of drug-likeness (QED) is 0.522. The van der Waals surface area contributed by atoms with Gasteiger partial charge < -0.3 is 15.5 Å². The van der Waals surface area contributed by atoms with Gasteiger partial charge in [0.15, 0.2) is 0 Å². The van der Waals surface area contributed by atoms with E-state index in [9.17, 15) is 14.9 Å². The van der Waals surface area contributed by atoms with Crippen LogP contribution in [0.15, 0.2) is 18.2 Å². The number of aromatic carboxylic acids is 1. The molecule has 0 spiro atoms. The second-order valence-corrected chi connectivity index (χ2v) is 4.81. The molecule has 7 heteroatoms. The van der Waals surface area contributed by atoms with Gasteiger partial charge >= 0.3 is 5.97 Å². The molecule has 0 aliphatic rings. The fourth-order valence-electron chi connectivity index (χ4n) is 1.83. The Bertz CT molecular complexity index is 517. The molecule has 0 aliphatic heterocycles. The Morgan fingerprint density at radius 1 is 1.50 bits per heavy atom. The molecule has 0 saturated carbocycles. The minimum Gasteiger partial charge on any atom is -0.478 e. The Morgan fingerprint density at radius 2 is 2.15 bits per heavy atom. The average Bonchev–Trinajstić information content (AvgIpc) is 2.38. The topological polar surface area (TPSA) is 113 Å². The molecule has 1 aromatic rings. The minimum absolute atomic E-state index is 0.0273. The van der Waals surface area contributed by atoms with E-state index in [-0.39, 0.29) is 23.5 Å². The van der Waals surface area contributed by atoms with Crippen molar-refractivity contribution in [2.75, 3.05) is 11.9 Å². The molecule has 0 heterocycles. The number of carboxylic acids is 1. The van der Waals surface area contributed by atoms with Gasteiger partial charge in [0.1, 0.15) is 5.69 Å². The van der Waals surface area contributed by atoms with E-state index in [1.807, 2.05) is 13.8 Å². The number of hydrogen-bond acceptors (Lipinski definition) is 5. The number of anilines is 1. The first kappa shape index (κ1) is 15.9. The highest BCUT2D eigenvalue weighted by Gasteiger charge is 2.25. The van der Waals surface area contributed by atoms with Crippen LogP contribution in [0.1, 0.15) is 37.0 Å². The van der Waals surface area contributed by atoms with Crippen LogP contribution in [0.5, 0.6) is 0 Å². The van der Waals surface area contributed by atoms with E-state index in [0.717, 1.165) is 0 Å². The maximum Gasteiger partial charge on any atom is 0.335 e. The molecular weight excluding hydrogens is 264 g/mol. The van der Waals surface area contributed by atoms with Crippen molar-refractivity contribution in [2.24, 2.45) is 0 Å². The molecule has 1 rings (SSSR count). The maximum absolute atomic E-state index is 11.0. The lowest BCUT2D eigenvalue weighted by atomic mass is 9.94. The molecule has 0 fully saturated rings. The number of nitro benzene ring substituents is 1. The third kappa shape index (κ3) is 3.67. The van der Waals surface area contributed by atoms with E-state index in [4.69, 9.17) is 10.2 Å². The number of nitrogens with zero attached hydrogens (tertiary/aromatic N) is 1. The number of benzene rings is 1. The molecule has 110 valence electrons. The van der Waals surface area contributed by atoms with Gasteiger partial charge in [-0.05, 0) is 31.9 Å². The molecule has 20 heavy (non-hydrogen) atoms. The summed E-state index contributed by atoms with van der Waals surface area (Å²) in [4.78, 5) is 21.4. The molecule has 0 radical (unpaired) electrons. The van der Waals surface area contributed by atoms with Crippen molar-refractivity contribution in [3.63, 3.8) is 0 Å². The number of nitro groups is 1. The monoisotopic (exact) mass is 282 g/mol. The Balaban J connectivity index is 3.22. The molecule has 1 atom stereocenters. The van der Waals surface area contributed by atoms with Crippen LogP contribution in [-0.2, 0) is 0 Å². The second-order valence-electron chi connectivity index (χ2n) is 4.81. The summed E-state index contributed by atoms with van der Waals surface area (Å²) >= 11 is 0. The fraction of sp³-hybridized carbons (Fsp3) is 0.462. The number of aliphatic hydroxyl groups excluding tert-OH is 1. The van der Waals surface area contributed by atoms with E-state index < -0.39 is 16.4 Å². The summed E-state index contributed by atoms with van der Waals surface area (Å²) in [6, 6.07) is 3.60. The molecule has 0 aliphatic carbocycles. The van der Waals surface area contributed by atoms with Gasteiger partial charge in [0.25, 0.3) is 5.69 Å².